The Hall–Kier alpha value is -1.46. The van der Waals surface area contributed by atoms with Crippen LogP contribution in [0.5, 0.6) is 11.5 Å². The first-order chi connectivity index (χ1) is 9.11. The lowest BCUT2D eigenvalue weighted by molar-refractivity contribution is 0.0690. The molecule has 5 heteroatoms. The van der Waals surface area contributed by atoms with E-state index in [1.54, 1.807) is 30.3 Å². The number of carbonyl (C=O) groups is 1. The predicted molar refractivity (Wildman–Crippen MR) is 79.4 cm³/mol. The highest BCUT2D eigenvalue weighted by molar-refractivity contribution is 9.10. The summed E-state index contributed by atoms with van der Waals surface area (Å²) in [6, 6.07) is 12.4. The molecule has 0 atom stereocenters. The van der Waals surface area contributed by atoms with Crippen molar-refractivity contribution in [2.24, 2.45) is 0 Å². The Bertz CT molecular complexity index is 596. The van der Waals surface area contributed by atoms with E-state index in [4.69, 9.17) is 4.74 Å². The predicted octanol–water partition coefficient (Wildman–Crippen LogP) is 4.66. The second-order valence-electron chi connectivity index (χ2n) is 3.69. The van der Waals surface area contributed by atoms with Gasteiger partial charge in [0.2, 0.25) is 0 Å². The summed E-state index contributed by atoms with van der Waals surface area (Å²) in [6.07, 6.45) is 1.84. The minimum Gasteiger partial charge on any atom is -0.478 e. The van der Waals surface area contributed by atoms with Crippen LogP contribution in [0, 0.1) is 0 Å². The maximum Gasteiger partial charge on any atom is 0.340 e. The average molecular weight is 339 g/mol. The third-order valence-corrected chi connectivity index (χ3v) is 3.77. The van der Waals surface area contributed by atoms with Crippen LogP contribution in [0.25, 0.3) is 0 Å². The summed E-state index contributed by atoms with van der Waals surface area (Å²) in [5.41, 5.74) is 0.193. The first-order valence-corrected chi connectivity index (χ1v) is 7.47. The largest absolute Gasteiger partial charge is 0.478 e. The van der Waals surface area contributed by atoms with Gasteiger partial charge in [-0.15, -0.1) is 11.8 Å². The topological polar surface area (TPSA) is 46.5 Å². The monoisotopic (exact) mass is 338 g/mol. The van der Waals surface area contributed by atoms with Gasteiger partial charge in [0.05, 0.1) is 0 Å². The quantitative estimate of drug-likeness (QED) is 0.823. The van der Waals surface area contributed by atoms with Crippen molar-refractivity contribution in [2.75, 3.05) is 6.26 Å². The molecule has 0 radical (unpaired) electrons. The van der Waals surface area contributed by atoms with Gasteiger partial charge in [-0.3, -0.25) is 0 Å². The summed E-state index contributed by atoms with van der Waals surface area (Å²) in [4.78, 5) is 12.0. The Morgan fingerprint density at radius 3 is 2.47 bits per heavy atom. The Morgan fingerprint density at radius 2 is 1.89 bits per heavy atom. The van der Waals surface area contributed by atoms with E-state index in [2.05, 4.69) is 15.9 Å². The normalized spacial score (nSPS) is 10.2. The Balaban J connectivity index is 2.39. The molecule has 0 fully saturated rings. The molecule has 0 aliphatic heterocycles. The molecule has 98 valence electrons. The average Bonchev–Trinajstić information content (AvgIpc) is 2.40. The maximum atomic E-state index is 11.3. The Kier molecular flexibility index (Phi) is 4.50. The molecule has 0 amide bonds. The number of carboxylic acid groups (broad SMARTS) is 1. The highest BCUT2D eigenvalue weighted by Crippen LogP contribution is 2.32. The van der Waals surface area contributed by atoms with E-state index in [0.29, 0.717) is 16.4 Å². The van der Waals surface area contributed by atoms with Crippen molar-refractivity contribution >= 4 is 33.7 Å². The first kappa shape index (κ1) is 14.0. The van der Waals surface area contributed by atoms with Crippen LogP contribution in [0.15, 0.2) is 51.8 Å². The van der Waals surface area contributed by atoms with Crippen LogP contribution in [-0.2, 0) is 0 Å². The summed E-state index contributed by atoms with van der Waals surface area (Å²) >= 11 is 4.72. The van der Waals surface area contributed by atoms with Crippen LogP contribution in [0.4, 0.5) is 0 Å². The second kappa shape index (κ2) is 6.12. The molecule has 2 aromatic carbocycles. The number of thioether (sulfide) groups is 1. The summed E-state index contributed by atoms with van der Waals surface area (Å²) in [7, 11) is 0. The van der Waals surface area contributed by atoms with Crippen molar-refractivity contribution < 1.29 is 14.6 Å². The summed E-state index contributed by atoms with van der Waals surface area (Å²) in [6.45, 7) is 0. The van der Waals surface area contributed by atoms with Gasteiger partial charge in [-0.1, -0.05) is 22.0 Å². The minimum absolute atomic E-state index is 0.193. The van der Waals surface area contributed by atoms with Gasteiger partial charge in [0.25, 0.3) is 0 Å². The lowest BCUT2D eigenvalue weighted by Crippen LogP contribution is -2.02. The molecule has 0 aliphatic rings. The molecule has 0 aliphatic carbocycles. The van der Waals surface area contributed by atoms with E-state index in [-0.39, 0.29) is 5.56 Å². The number of rotatable bonds is 4. The number of halogens is 1. The smallest absolute Gasteiger partial charge is 0.340 e. The highest BCUT2D eigenvalue weighted by atomic mass is 79.9. The van der Waals surface area contributed by atoms with Gasteiger partial charge < -0.3 is 9.84 Å². The minimum atomic E-state index is -0.989. The van der Waals surface area contributed by atoms with Crippen LogP contribution in [0.1, 0.15) is 10.4 Å². The molecule has 0 spiro atoms. The maximum absolute atomic E-state index is 11.3. The Labute approximate surface area is 123 Å². The SMILES string of the molecule is CSc1cccc(Oc2ccc(Br)cc2)c1C(=O)O. The van der Waals surface area contributed by atoms with E-state index >= 15 is 0 Å². The van der Waals surface area contributed by atoms with Crippen LogP contribution in [-0.4, -0.2) is 17.3 Å². The van der Waals surface area contributed by atoms with Gasteiger partial charge in [-0.2, -0.15) is 0 Å². The molecule has 0 saturated carbocycles. The molecule has 0 saturated heterocycles. The van der Waals surface area contributed by atoms with Crippen molar-refractivity contribution in [1.29, 1.82) is 0 Å². The molecule has 0 aromatic heterocycles. The second-order valence-corrected chi connectivity index (χ2v) is 5.46. The third kappa shape index (κ3) is 3.30. The zero-order valence-electron chi connectivity index (χ0n) is 10.1. The fourth-order valence-electron chi connectivity index (χ4n) is 1.61. The molecule has 2 rings (SSSR count). The highest BCUT2D eigenvalue weighted by Gasteiger charge is 2.16. The van der Waals surface area contributed by atoms with Crippen LogP contribution < -0.4 is 4.74 Å². The van der Waals surface area contributed by atoms with Gasteiger partial charge in [0, 0.05) is 9.37 Å². The lowest BCUT2D eigenvalue weighted by Gasteiger charge is -2.11. The standard InChI is InChI=1S/C14H11BrO3S/c1-19-12-4-2-3-11(13(12)14(16)17)18-10-7-5-9(15)6-8-10/h2-8H,1H3,(H,16,17). The summed E-state index contributed by atoms with van der Waals surface area (Å²) in [5.74, 6) is -0.0392. The number of carboxylic acids is 1. The molecule has 0 bridgehead atoms. The number of benzene rings is 2. The number of aromatic carboxylic acids is 1. The van der Waals surface area contributed by atoms with Crippen molar-refractivity contribution in [1.82, 2.24) is 0 Å². The van der Waals surface area contributed by atoms with E-state index in [9.17, 15) is 9.90 Å². The zero-order chi connectivity index (χ0) is 13.8. The third-order valence-electron chi connectivity index (χ3n) is 2.46. The summed E-state index contributed by atoms with van der Waals surface area (Å²) in [5, 5.41) is 9.30. The van der Waals surface area contributed by atoms with Gasteiger partial charge in [0.1, 0.15) is 17.1 Å². The van der Waals surface area contributed by atoms with Gasteiger partial charge in [0.15, 0.2) is 0 Å². The van der Waals surface area contributed by atoms with Crippen molar-refractivity contribution in [3.05, 3.63) is 52.5 Å². The van der Waals surface area contributed by atoms with Gasteiger partial charge in [-0.25, -0.2) is 4.79 Å². The number of hydrogen-bond donors (Lipinski definition) is 1. The Morgan fingerprint density at radius 1 is 1.21 bits per heavy atom. The zero-order valence-corrected chi connectivity index (χ0v) is 12.5. The summed E-state index contributed by atoms with van der Waals surface area (Å²) < 4.78 is 6.59. The van der Waals surface area contributed by atoms with Crippen molar-refractivity contribution in [3.8, 4) is 11.5 Å². The first-order valence-electron chi connectivity index (χ1n) is 5.45. The van der Waals surface area contributed by atoms with Gasteiger partial charge >= 0.3 is 5.97 Å². The van der Waals surface area contributed by atoms with Crippen molar-refractivity contribution in [3.63, 3.8) is 0 Å². The van der Waals surface area contributed by atoms with E-state index in [0.717, 1.165) is 4.47 Å². The number of ether oxygens (including phenoxy) is 1. The molecule has 0 unspecified atom stereocenters. The van der Waals surface area contributed by atoms with Crippen LogP contribution >= 0.6 is 27.7 Å². The molecular weight excluding hydrogens is 328 g/mol. The van der Waals surface area contributed by atoms with E-state index in [1.165, 1.54) is 11.8 Å². The molecule has 0 heterocycles. The number of hydrogen-bond acceptors (Lipinski definition) is 3. The molecule has 19 heavy (non-hydrogen) atoms. The van der Waals surface area contributed by atoms with Crippen LogP contribution in [0.2, 0.25) is 0 Å². The van der Waals surface area contributed by atoms with E-state index < -0.39 is 5.97 Å². The van der Waals surface area contributed by atoms with Crippen molar-refractivity contribution in [2.45, 2.75) is 4.90 Å². The van der Waals surface area contributed by atoms with Gasteiger partial charge in [-0.05, 0) is 42.7 Å². The van der Waals surface area contributed by atoms with E-state index in [1.807, 2.05) is 18.4 Å². The molecular formula is C14H11BrO3S. The van der Waals surface area contributed by atoms with Crippen LogP contribution in [0.3, 0.4) is 0 Å². The molecule has 3 nitrogen and oxygen atoms in total. The fraction of sp³-hybridized carbons (Fsp3) is 0.0714. The fourth-order valence-corrected chi connectivity index (χ4v) is 2.48. The molecule has 1 N–H and O–H groups in total. The molecule has 2 aromatic rings. The lowest BCUT2D eigenvalue weighted by atomic mass is 10.2.